The molecule has 0 aromatic heterocycles. The van der Waals surface area contributed by atoms with E-state index in [4.69, 9.17) is 0 Å². The molecule has 7 heteroatoms. The van der Waals surface area contributed by atoms with Gasteiger partial charge in [-0.1, -0.05) is 43.3 Å². The molecule has 2 atom stereocenters. The lowest BCUT2D eigenvalue weighted by Crippen LogP contribution is -2.45. The highest BCUT2D eigenvalue weighted by Gasteiger charge is 2.48. The second-order valence-corrected chi connectivity index (χ2v) is 9.07. The van der Waals surface area contributed by atoms with E-state index in [1.807, 2.05) is 6.07 Å². The Bertz CT molecular complexity index is 1030. The normalized spacial score (nSPS) is 22.0. The number of hydrogen-bond acceptors (Lipinski definition) is 4. The van der Waals surface area contributed by atoms with E-state index in [0.29, 0.717) is 17.5 Å². The Balaban J connectivity index is 2.07. The summed E-state index contributed by atoms with van der Waals surface area (Å²) < 4.78 is 39.0. The molecular weight excluding hydrogens is 381 g/mol. The van der Waals surface area contributed by atoms with E-state index in [0.717, 1.165) is 12.1 Å². The number of halogens is 1. The highest BCUT2D eigenvalue weighted by atomic mass is 32.2. The van der Waals surface area contributed by atoms with Crippen molar-refractivity contribution in [1.29, 1.82) is 0 Å². The molecule has 1 amide bonds. The number of hydrogen-bond donors (Lipinski definition) is 0. The number of carbonyl (C=O) groups is 2. The minimum Gasteiger partial charge on any atom is -0.301 e. The topological polar surface area (TPSA) is 71.5 Å². The number of sulfone groups is 1. The Kier molecular flexibility index (Phi) is 5.21. The Hall–Kier alpha value is -2.80. The first-order chi connectivity index (χ1) is 13.2. The zero-order valence-corrected chi connectivity index (χ0v) is 16.3. The van der Waals surface area contributed by atoms with Crippen molar-refractivity contribution in [3.8, 4) is 0 Å². The summed E-state index contributed by atoms with van der Waals surface area (Å²) in [6, 6.07) is 12.6. The Morgan fingerprint density at radius 3 is 2.29 bits per heavy atom. The molecular formula is C21H20FNO4S. The Labute approximate surface area is 163 Å². The molecule has 2 aromatic rings. The molecule has 0 N–H and O–H groups in total. The van der Waals surface area contributed by atoms with Crippen LogP contribution in [0.25, 0.3) is 5.70 Å². The summed E-state index contributed by atoms with van der Waals surface area (Å²) in [5.41, 5.74) is 0.0840. The molecule has 0 bridgehead atoms. The summed E-state index contributed by atoms with van der Waals surface area (Å²) in [5.74, 6) is -1.28. The van der Waals surface area contributed by atoms with Crippen molar-refractivity contribution >= 4 is 27.7 Å². The number of rotatable bonds is 5. The molecule has 5 nitrogen and oxygen atoms in total. The van der Waals surface area contributed by atoms with E-state index in [1.165, 1.54) is 24.0 Å². The molecule has 1 heterocycles. The van der Waals surface area contributed by atoms with E-state index in [1.54, 1.807) is 37.3 Å². The van der Waals surface area contributed by atoms with Gasteiger partial charge >= 0.3 is 0 Å². The highest BCUT2D eigenvalue weighted by Crippen LogP contribution is 2.43. The van der Waals surface area contributed by atoms with Crippen LogP contribution in [0.5, 0.6) is 0 Å². The molecule has 2 unspecified atom stereocenters. The van der Waals surface area contributed by atoms with Crippen LogP contribution >= 0.6 is 0 Å². The first-order valence-corrected chi connectivity index (χ1v) is 10.3. The predicted octanol–water partition coefficient (Wildman–Crippen LogP) is 3.08. The van der Waals surface area contributed by atoms with E-state index in [-0.39, 0.29) is 10.8 Å². The van der Waals surface area contributed by atoms with Crippen molar-refractivity contribution in [2.45, 2.75) is 24.8 Å². The molecule has 146 valence electrons. The maximum atomic E-state index is 13.2. The maximum Gasteiger partial charge on any atom is 0.224 e. The minimum atomic E-state index is -3.82. The molecule has 1 aliphatic rings. The van der Waals surface area contributed by atoms with Crippen LogP contribution in [0.1, 0.15) is 19.4 Å². The number of benzene rings is 2. The molecule has 2 aromatic carbocycles. The molecule has 0 spiro atoms. The number of amides is 1. The molecule has 0 saturated carbocycles. The van der Waals surface area contributed by atoms with Crippen LogP contribution in [0.2, 0.25) is 0 Å². The third-order valence-corrected chi connectivity index (χ3v) is 6.88. The highest BCUT2D eigenvalue weighted by molar-refractivity contribution is 7.91. The van der Waals surface area contributed by atoms with Gasteiger partial charge in [0, 0.05) is 18.0 Å². The van der Waals surface area contributed by atoms with Crippen molar-refractivity contribution in [2.75, 3.05) is 5.75 Å². The van der Waals surface area contributed by atoms with Gasteiger partial charge in [0.2, 0.25) is 5.91 Å². The van der Waals surface area contributed by atoms with Crippen LogP contribution < -0.4 is 0 Å². The lowest BCUT2D eigenvalue weighted by atomic mass is 9.86. The van der Waals surface area contributed by atoms with E-state index in [2.05, 4.69) is 0 Å². The van der Waals surface area contributed by atoms with Gasteiger partial charge in [0.1, 0.15) is 18.1 Å². The lowest BCUT2D eigenvalue weighted by molar-refractivity contribution is -0.131. The van der Waals surface area contributed by atoms with Crippen LogP contribution in [0.15, 0.2) is 65.6 Å². The molecule has 28 heavy (non-hydrogen) atoms. The molecule has 0 aliphatic carbocycles. The second-order valence-electron chi connectivity index (χ2n) is 7.08. The summed E-state index contributed by atoms with van der Waals surface area (Å²) in [5, 5.41) is 0. The Morgan fingerprint density at radius 1 is 1.14 bits per heavy atom. The van der Waals surface area contributed by atoms with Crippen molar-refractivity contribution in [1.82, 2.24) is 4.90 Å². The summed E-state index contributed by atoms with van der Waals surface area (Å²) in [7, 11) is -3.82. The maximum absolute atomic E-state index is 13.2. The predicted molar refractivity (Wildman–Crippen MR) is 103 cm³/mol. The largest absolute Gasteiger partial charge is 0.301 e. The standard InChI is InChI=1S/C21H20FNO4S/c1-15(25)23-19(16-6-4-3-5-7-16)12-21(2,20(23)13-24)14-28(26,27)18-10-8-17(22)9-11-18/h3-13,20H,14H2,1-2H3. The first kappa shape index (κ1) is 19.9. The monoisotopic (exact) mass is 401 g/mol. The fourth-order valence-electron chi connectivity index (χ4n) is 3.59. The van der Waals surface area contributed by atoms with Gasteiger partial charge in [0.25, 0.3) is 0 Å². The molecule has 3 rings (SSSR count). The van der Waals surface area contributed by atoms with E-state index >= 15 is 0 Å². The van der Waals surface area contributed by atoms with Gasteiger partial charge < -0.3 is 9.69 Å². The lowest BCUT2D eigenvalue weighted by Gasteiger charge is -2.31. The number of aldehydes is 1. The van der Waals surface area contributed by atoms with Gasteiger partial charge in [-0.15, -0.1) is 0 Å². The fraction of sp³-hybridized carbons (Fsp3) is 0.238. The van der Waals surface area contributed by atoms with Gasteiger partial charge in [0.05, 0.1) is 10.6 Å². The van der Waals surface area contributed by atoms with Crippen molar-refractivity contribution in [3.63, 3.8) is 0 Å². The van der Waals surface area contributed by atoms with E-state index in [9.17, 15) is 22.4 Å². The summed E-state index contributed by atoms with van der Waals surface area (Å²) >= 11 is 0. The van der Waals surface area contributed by atoms with Crippen LogP contribution in [0.4, 0.5) is 4.39 Å². The zero-order chi connectivity index (χ0) is 20.5. The van der Waals surface area contributed by atoms with Crippen LogP contribution in [-0.4, -0.2) is 37.3 Å². The van der Waals surface area contributed by atoms with Crippen LogP contribution in [0, 0.1) is 11.2 Å². The van der Waals surface area contributed by atoms with Crippen molar-refractivity contribution < 1.29 is 22.4 Å². The quantitative estimate of drug-likeness (QED) is 0.570. The fourth-order valence-corrected chi connectivity index (χ4v) is 5.38. The average molecular weight is 401 g/mol. The van der Waals surface area contributed by atoms with Gasteiger partial charge in [-0.05, 0) is 29.8 Å². The molecule has 1 aliphatic heterocycles. The first-order valence-electron chi connectivity index (χ1n) is 8.70. The molecule has 0 radical (unpaired) electrons. The van der Waals surface area contributed by atoms with Crippen molar-refractivity contribution in [3.05, 3.63) is 72.1 Å². The second kappa shape index (κ2) is 7.31. The SMILES string of the molecule is CC(=O)N1C(c2ccccc2)=CC(C)(CS(=O)(=O)c2ccc(F)cc2)C1C=O. The summed E-state index contributed by atoms with van der Waals surface area (Å²) in [6.07, 6.45) is 2.28. The summed E-state index contributed by atoms with van der Waals surface area (Å²) in [6.45, 7) is 2.98. The smallest absolute Gasteiger partial charge is 0.224 e. The van der Waals surface area contributed by atoms with Crippen molar-refractivity contribution in [2.24, 2.45) is 5.41 Å². The third-order valence-electron chi connectivity index (χ3n) is 4.89. The summed E-state index contributed by atoms with van der Waals surface area (Å²) in [4.78, 5) is 25.5. The van der Waals surface area contributed by atoms with E-state index < -0.39 is 32.9 Å². The van der Waals surface area contributed by atoms with Gasteiger partial charge in [-0.25, -0.2) is 12.8 Å². The Morgan fingerprint density at radius 2 is 1.75 bits per heavy atom. The third kappa shape index (κ3) is 3.62. The van der Waals surface area contributed by atoms with Gasteiger partial charge in [0.15, 0.2) is 9.84 Å². The zero-order valence-electron chi connectivity index (χ0n) is 15.5. The number of nitrogens with zero attached hydrogens (tertiary/aromatic N) is 1. The van der Waals surface area contributed by atoms with Crippen LogP contribution in [0.3, 0.4) is 0 Å². The van der Waals surface area contributed by atoms with Gasteiger partial charge in [-0.3, -0.25) is 4.79 Å². The average Bonchev–Trinajstić information content (AvgIpc) is 2.94. The number of carbonyl (C=O) groups excluding carboxylic acids is 2. The molecule has 0 saturated heterocycles. The van der Waals surface area contributed by atoms with Crippen LogP contribution in [-0.2, 0) is 19.4 Å². The van der Waals surface area contributed by atoms with Gasteiger partial charge in [-0.2, -0.15) is 0 Å². The molecule has 0 fully saturated rings. The minimum absolute atomic E-state index is 0.0317.